The fourth-order valence-electron chi connectivity index (χ4n) is 4.58. The number of hydrogen-bond acceptors (Lipinski definition) is 4. The van der Waals surface area contributed by atoms with Gasteiger partial charge in [0.05, 0.1) is 29.1 Å². The number of anilines is 1. The summed E-state index contributed by atoms with van der Waals surface area (Å²) in [6.45, 7) is 1.55. The van der Waals surface area contributed by atoms with E-state index in [1.807, 2.05) is 0 Å². The molecular formula is C23H24ClF3N4O4. The van der Waals surface area contributed by atoms with Gasteiger partial charge in [-0.15, -0.1) is 0 Å². The number of benzene rings is 1. The summed E-state index contributed by atoms with van der Waals surface area (Å²) in [5, 5.41) is 4.68. The SMILES string of the molecule is O=C(NCC(=O)N1CCC2(CC1)CCN(C(=O)Nc1c(Cl)cccc1C(F)(F)F)C2)c1ccco1. The first-order valence-corrected chi connectivity index (χ1v) is 11.5. The quantitative estimate of drug-likeness (QED) is 0.641. The van der Waals surface area contributed by atoms with E-state index in [-0.39, 0.29) is 28.6 Å². The monoisotopic (exact) mass is 512 g/mol. The molecule has 0 aliphatic carbocycles. The van der Waals surface area contributed by atoms with Crippen molar-refractivity contribution < 1.29 is 32.0 Å². The largest absolute Gasteiger partial charge is 0.459 e. The minimum atomic E-state index is -4.66. The van der Waals surface area contributed by atoms with Crippen LogP contribution in [0.25, 0.3) is 0 Å². The van der Waals surface area contributed by atoms with E-state index in [1.165, 1.54) is 29.4 Å². The lowest BCUT2D eigenvalue weighted by Crippen LogP contribution is -2.48. The summed E-state index contributed by atoms with van der Waals surface area (Å²) in [7, 11) is 0. The Labute approximate surface area is 204 Å². The number of amides is 4. The van der Waals surface area contributed by atoms with Gasteiger partial charge in [-0.1, -0.05) is 17.7 Å². The molecule has 0 unspecified atom stereocenters. The number of halogens is 4. The van der Waals surface area contributed by atoms with Crippen molar-refractivity contribution in [3.05, 3.63) is 52.9 Å². The number of alkyl halides is 3. The molecule has 1 aromatic heterocycles. The van der Waals surface area contributed by atoms with Gasteiger partial charge in [-0.2, -0.15) is 13.2 Å². The average molecular weight is 513 g/mol. The maximum Gasteiger partial charge on any atom is 0.418 e. The molecule has 0 saturated carbocycles. The minimum absolute atomic E-state index is 0.124. The molecule has 2 fully saturated rings. The number of carbonyl (C=O) groups is 3. The Morgan fingerprint density at radius 1 is 1.03 bits per heavy atom. The maximum atomic E-state index is 13.3. The van der Waals surface area contributed by atoms with E-state index in [0.29, 0.717) is 45.4 Å². The van der Waals surface area contributed by atoms with Crippen LogP contribution in [-0.2, 0) is 11.0 Å². The highest BCUT2D eigenvalue weighted by atomic mass is 35.5. The topological polar surface area (TPSA) is 94.9 Å². The molecule has 4 rings (SSSR count). The number of para-hydroxylation sites is 1. The zero-order valence-electron chi connectivity index (χ0n) is 18.7. The highest BCUT2D eigenvalue weighted by molar-refractivity contribution is 6.34. The zero-order chi connectivity index (χ0) is 25.2. The van der Waals surface area contributed by atoms with E-state index in [4.69, 9.17) is 16.0 Å². The molecule has 12 heteroatoms. The molecule has 8 nitrogen and oxygen atoms in total. The molecule has 2 N–H and O–H groups in total. The van der Waals surface area contributed by atoms with Crippen LogP contribution < -0.4 is 10.6 Å². The fourth-order valence-corrected chi connectivity index (χ4v) is 4.80. The third-order valence-electron chi connectivity index (χ3n) is 6.60. The first-order valence-electron chi connectivity index (χ1n) is 11.1. The van der Waals surface area contributed by atoms with E-state index in [9.17, 15) is 27.6 Å². The molecule has 35 heavy (non-hydrogen) atoms. The maximum absolute atomic E-state index is 13.3. The predicted molar refractivity (Wildman–Crippen MR) is 121 cm³/mol. The Hall–Kier alpha value is -3.21. The molecule has 2 saturated heterocycles. The Morgan fingerprint density at radius 2 is 1.71 bits per heavy atom. The van der Waals surface area contributed by atoms with E-state index in [0.717, 1.165) is 6.07 Å². The Kier molecular flexibility index (Phi) is 6.98. The molecule has 1 spiro atoms. The molecule has 188 valence electrons. The van der Waals surface area contributed by atoms with Crippen molar-refractivity contribution >= 4 is 35.1 Å². The van der Waals surface area contributed by atoms with Crippen LogP contribution in [0.5, 0.6) is 0 Å². The van der Waals surface area contributed by atoms with Gasteiger partial charge in [0.25, 0.3) is 5.91 Å². The summed E-state index contributed by atoms with van der Waals surface area (Å²) in [6, 6.07) is 5.79. The molecule has 4 amide bonds. The van der Waals surface area contributed by atoms with Crippen LogP contribution in [0.15, 0.2) is 41.0 Å². The molecule has 0 radical (unpaired) electrons. The fraction of sp³-hybridized carbons (Fsp3) is 0.435. The molecule has 0 atom stereocenters. The minimum Gasteiger partial charge on any atom is -0.459 e. The van der Waals surface area contributed by atoms with E-state index >= 15 is 0 Å². The second-order valence-corrected chi connectivity index (χ2v) is 9.21. The number of piperidine rings is 1. The summed E-state index contributed by atoms with van der Waals surface area (Å²) in [5.74, 6) is -0.564. The number of furan rings is 1. The van der Waals surface area contributed by atoms with Gasteiger partial charge < -0.3 is 24.9 Å². The van der Waals surface area contributed by atoms with Crippen molar-refractivity contribution in [1.29, 1.82) is 0 Å². The molecule has 0 bridgehead atoms. The molecular weight excluding hydrogens is 489 g/mol. The number of likely N-dealkylation sites (tertiary alicyclic amines) is 2. The van der Waals surface area contributed by atoms with Gasteiger partial charge >= 0.3 is 12.2 Å². The lowest BCUT2D eigenvalue weighted by molar-refractivity contribution is -0.137. The van der Waals surface area contributed by atoms with Crippen molar-refractivity contribution in [3.63, 3.8) is 0 Å². The lowest BCUT2D eigenvalue weighted by atomic mass is 9.78. The van der Waals surface area contributed by atoms with Crippen LogP contribution in [0.2, 0.25) is 5.02 Å². The number of nitrogens with one attached hydrogen (secondary N) is 2. The van der Waals surface area contributed by atoms with Crippen molar-refractivity contribution in [3.8, 4) is 0 Å². The number of carbonyl (C=O) groups excluding carboxylic acids is 3. The van der Waals surface area contributed by atoms with Gasteiger partial charge in [-0.3, -0.25) is 9.59 Å². The number of urea groups is 1. The zero-order valence-corrected chi connectivity index (χ0v) is 19.4. The van der Waals surface area contributed by atoms with Crippen molar-refractivity contribution in [2.75, 3.05) is 38.0 Å². The molecule has 2 aliphatic rings. The van der Waals surface area contributed by atoms with Gasteiger partial charge in [0.15, 0.2) is 5.76 Å². The van der Waals surface area contributed by atoms with Crippen molar-refractivity contribution in [2.45, 2.75) is 25.4 Å². The summed E-state index contributed by atoms with van der Waals surface area (Å²) >= 11 is 5.95. The second-order valence-electron chi connectivity index (χ2n) is 8.80. The number of hydrogen-bond donors (Lipinski definition) is 2. The predicted octanol–water partition coefficient (Wildman–Crippen LogP) is 4.23. The van der Waals surface area contributed by atoms with Crippen molar-refractivity contribution in [1.82, 2.24) is 15.1 Å². The van der Waals surface area contributed by atoms with Crippen LogP contribution >= 0.6 is 11.6 Å². The van der Waals surface area contributed by atoms with Crippen LogP contribution in [0.3, 0.4) is 0 Å². The lowest BCUT2D eigenvalue weighted by Gasteiger charge is -2.39. The summed E-state index contributed by atoms with van der Waals surface area (Å²) < 4.78 is 45.0. The van der Waals surface area contributed by atoms with Gasteiger partial charge in [0.1, 0.15) is 0 Å². The Morgan fingerprint density at radius 3 is 2.34 bits per heavy atom. The Bertz CT molecular complexity index is 1100. The van der Waals surface area contributed by atoms with Gasteiger partial charge in [0.2, 0.25) is 5.91 Å². The van der Waals surface area contributed by atoms with Gasteiger partial charge in [-0.05, 0) is 48.9 Å². The summed E-state index contributed by atoms with van der Waals surface area (Å²) in [4.78, 5) is 40.4. The van der Waals surface area contributed by atoms with Gasteiger partial charge in [-0.25, -0.2) is 4.79 Å². The Balaban J connectivity index is 1.30. The van der Waals surface area contributed by atoms with Crippen LogP contribution in [0, 0.1) is 5.41 Å². The molecule has 2 aromatic rings. The van der Waals surface area contributed by atoms with E-state index in [1.54, 1.807) is 11.0 Å². The van der Waals surface area contributed by atoms with Crippen LogP contribution in [-0.4, -0.2) is 60.4 Å². The first-order chi connectivity index (χ1) is 16.6. The number of rotatable bonds is 4. The second kappa shape index (κ2) is 9.80. The smallest absolute Gasteiger partial charge is 0.418 e. The number of nitrogens with zero attached hydrogens (tertiary/aromatic N) is 2. The molecule has 3 heterocycles. The highest BCUT2D eigenvalue weighted by Gasteiger charge is 2.43. The van der Waals surface area contributed by atoms with Gasteiger partial charge in [0, 0.05) is 26.2 Å². The standard InChI is InChI=1S/C23H24ClF3N4O4/c24-16-4-1-3-15(23(25,26)27)19(16)29-21(34)31-11-8-22(14-31)6-9-30(10-7-22)18(32)13-28-20(33)17-5-2-12-35-17/h1-5,12H,6-11,13-14H2,(H,28,33)(H,29,34). The average Bonchev–Trinajstić information content (AvgIpc) is 3.49. The highest BCUT2D eigenvalue weighted by Crippen LogP contribution is 2.42. The van der Waals surface area contributed by atoms with E-state index < -0.39 is 29.4 Å². The molecule has 2 aliphatic heterocycles. The van der Waals surface area contributed by atoms with Crippen LogP contribution in [0.4, 0.5) is 23.7 Å². The van der Waals surface area contributed by atoms with E-state index in [2.05, 4.69) is 10.6 Å². The first kappa shape index (κ1) is 24.9. The third-order valence-corrected chi connectivity index (χ3v) is 6.91. The molecule has 1 aromatic carbocycles. The normalized spacial score (nSPS) is 17.5. The third kappa shape index (κ3) is 5.55. The summed E-state index contributed by atoms with van der Waals surface area (Å²) in [5.41, 5.74) is -1.67. The van der Waals surface area contributed by atoms with Crippen molar-refractivity contribution in [2.24, 2.45) is 5.41 Å². The van der Waals surface area contributed by atoms with Crippen LogP contribution in [0.1, 0.15) is 35.4 Å². The summed E-state index contributed by atoms with van der Waals surface area (Å²) in [6.07, 6.45) is -1.30.